The van der Waals surface area contributed by atoms with E-state index in [1.807, 2.05) is 11.9 Å². The largest absolute Gasteiger partial charge is 0.418 e. The second kappa shape index (κ2) is 6.49. The first-order valence-corrected chi connectivity index (χ1v) is 6.67. The summed E-state index contributed by atoms with van der Waals surface area (Å²) in [5.74, 6) is 0. The molecule has 1 aromatic rings. The van der Waals surface area contributed by atoms with Crippen LogP contribution in [0.15, 0.2) is 18.2 Å². The zero-order chi connectivity index (χ0) is 16.3. The Morgan fingerprint density at radius 3 is 2.82 bits per heavy atom. The number of hydrogen-bond acceptors (Lipinski definition) is 5. The monoisotopic (exact) mass is 319 g/mol. The van der Waals surface area contributed by atoms with Crippen molar-refractivity contribution >= 4 is 11.4 Å². The number of anilines is 1. The first-order chi connectivity index (χ1) is 10.3. The van der Waals surface area contributed by atoms with Gasteiger partial charge in [0.05, 0.1) is 23.2 Å². The Kier molecular flexibility index (Phi) is 4.87. The minimum Gasteiger partial charge on any atom is -0.382 e. The van der Waals surface area contributed by atoms with Crippen LogP contribution in [0.3, 0.4) is 0 Å². The molecule has 0 radical (unpaired) electrons. The number of rotatable bonds is 4. The van der Waals surface area contributed by atoms with Crippen LogP contribution in [0.2, 0.25) is 0 Å². The summed E-state index contributed by atoms with van der Waals surface area (Å²) in [4.78, 5) is 11.8. The summed E-state index contributed by atoms with van der Waals surface area (Å²) in [6.45, 7) is 2.11. The summed E-state index contributed by atoms with van der Waals surface area (Å²) in [6, 6.07) is 2.66. The van der Waals surface area contributed by atoms with Crippen molar-refractivity contribution in [3.05, 3.63) is 33.9 Å². The van der Waals surface area contributed by atoms with Gasteiger partial charge in [-0.05, 0) is 13.1 Å². The van der Waals surface area contributed by atoms with E-state index in [0.29, 0.717) is 19.2 Å². The third-order valence-corrected chi connectivity index (χ3v) is 3.38. The van der Waals surface area contributed by atoms with Crippen molar-refractivity contribution in [1.82, 2.24) is 4.90 Å². The van der Waals surface area contributed by atoms with E-state index in [2.05, 4.69) is 5.32 Å². The van der Waals surface area contributed by atoms with Crippen molar-refractivity contribution in [2.45, 2.75) is 12.3 Å². The molecule has 0 saturated carbocycles. The molecule has 0 bridgehead atoms. The normalized spacial score (nSPS) is 19.9. The molecule has 0 aromatic heterocycles. The minimum absolute atomic E-state index is 0.185. The Bertz CT molecular complexity index is 551. The lowest BCUT2D eigenvalue weighted by atomic mass is 10.1. The first-order valence-electron chi connectivity index (χ1n) is 6.67. The minimum atomic E-state index is -4.67. The van der Waals surface area contributed by atoms with E-state index in [1.165, 1.54) is 0 Å². The molecule has 122 valence electrons. The molecule has 1 heterocycles. The maximum absolute atomic E-state index is 13.0. The van der Waals surface area contributed by atoms with Gasteiger partial charge >= 0.3 is 6.18 Å². The summed E-state index contributed by atoms with van der Waals surface area (Å²) in [7, 11) is 1.91. The number of ether oxygens (including phenoxy) is 1. The summed E-state index contributed by atoms with van der Waals surface area (Å²) >= 11 is 0. The van der Waals surface area contributed by atoms with Gasteiger partial charge in [-0.1, -0.05) is 0 Å². The number of nitro groups is 1. The molecular formula is C13H16F3N3O3. The number of alkyl halides is 3. The Balaban J connectivity index is 2.14. The molecule has 1 unspecified atom stereocenters. The number of nitrogens with one attached hydrogen (secondary N) is 1. The van der Waals surface area contributed by atoms with Crippen molar-refractivity contribution in [3.63, 3.8) is 0 Å². The summed E-state index contributed by atoms with van der Waals surface area (Å²) < 4.78 is 44.5. The Hall–Kier alpha value is -1.87. The van der Waals surface area contributed by atoms with Crippen molar-refractivity contribution in [1.29, 1.82) is 0 Å². The van der Waals surface area contributed by atoms with Gasteiger partial charge in [0.2, 0.25) is 0 Å². The average molecular weight is 319 g/mol. The van der Waals surface area contributed by atoms with Gasteiger partial charge in [-0.3, -0.25) is 10.1 Å². The van der Waals surface area contributed by atoms with Gasteiger partial charge in [0.1, 0.15) is 0 Å². The van der Waals surface area contributed by atoms with Gasteiger partial charge in [-0.15, -0.1) is 0 Å². The van der Waals surface area contributed by atoms with Crippen LogP contribution in [0.4, 0.5) is 24.5 Å². The quantitative estimate of drug-likeness (QED) is 0.681. The number of likely N-dealkylation sites (N-methyl/N-ethyl adjacent to an activating group) is 1. The molecule has 1 fully saturated rings. The average Bonchev–Trinajstić information content (AvgIpc) is 2.44. The molecule has 9 heteroatoms. The fourth-order valence-corrected chi connectivity index (χ4v) is 2.25. The third-order valence-electron chi connectivity index (χ3n) is 3.38. The third kappa shape index (κ3) is 4.08. The van der Waals surface area contributed by atoms with Crippen molar-refractivity contribution < 1.29 is 22.8 Å². The zero-order valence-corrected chi connectivity index (χ0v) is 11.9. The number of halogens is 3. The van der Waals surface area contributed by atoms with Crippen LogP contribution >= 0.6 is 0 Å². The van der Waals surface area contributed by atoms with Crippen molar-refractivity contribution in [2.24, 2.45) is 0 Å². The summed E-state index contributed by atoms with van der Waals surface area (Å²) in [5, 5.41) is 13.3. The molecule has 1 saturated heterocycles. The van der Waals surface area contributed by atoms with Gasteiger partial charge in [0, 0.05) is 37.5 Å². The summed E-state index contributed by atoms with van der Waals surface area (Å²) in [5.41, 5.74) is -1.83. The van der Waals surface area contributed by atoms with E-state index in [0.717, 1.165) is 18.7 Å². The van der Waals surface area contributed by atoms with Crippen molar-refractivity contribution in [2.75, 3.05) is 38.6 Å². The highest BCUT2D eigenvalue weighted by Crippen LogP contribution is 2.37. The molecule has 1 N–H and O–H groups in total. The number of non-ortho nitro benzene ring substituents is 1. The number of nitrogens with zero attached hydrogens (tertiary/aromatic N) is 2. The van der Waals surface area contributed by atoms with Gasteiger partial charge < -0.3 is 15.0 Å². The van der Waals surface area contributed by atoms with E-state index in [4.69, 9.17) is 4.74 Å². The second-order valence-electron chi connectivity index (χ2n) is 5.12. The topological polar surface area (TPSA) is 67.6 Å². The van der Waals surface area contributed by atoms with E-state index in [9.17, 15) is 23.3 Å². The lowest BCUT2D eigenvalue weighted by Crippen LogP contribution is -2.43. The number of morpholine rings is 1. The molecule has 0 spiro atoms. The Morgan fingerprint density at radius 1 is 1.50 bits per heavy atom. The highest BCUT2D eigenvalue weighted by Gasteiger charge is 2.35. The molecule has 6 nitrogen and oxygen atoms in total. The highest BCUT2D eigenvalue weighted by atomic mass is 19.4. The fourth-order valence-electron chi connectivity index (χ4n) is 2.25. The van der Waals surface area contributed by atoms with Gasteiger partial charge in [0.25, 0.3) is 5.69 Å². The standard InChI is InChI=1S/C13H16F3N3O3/c1-18-4-5-22-10(8-18)7-17-12-3-2-9(19(20)21)6-11(12)13(14,15)16/h2-3,6,10,17H,4-5,7-8H2,1H3. The predicted molar refractivity (Wildman–Crippen MR) is 73.8 cm³/mol. The van der Waals surface area contributed by atoms with E-state index < -0.39 is 22.4 Å². The molecule has 0 aliphatic carbocycles. The van der Waals surface area contributed by atoms with Crippen LogP contribution in [-0.2, 0) is 10.9 Å². The van der Waals surface area contributed by atoms with Gasteiger partial charge in [0.15, 0.2) is 0 Å². The van der Waals surface area contributed by atoms with E-state index >= 15 is 0 Å². The first kappa shape index (κ1) is 16.5. The smallest absolute Gasteiger partial charge is 0.382 e. The van der Waals surface area contributed by atoms with Crippen LogP contribution in [0.5, 0.6) is 0 Å². The van der Waals surface area contributed by atoms with Crippen LogP contribution in [0.1, 0.15) is 5.56 Å². The Morgan fingerprint density at radius 2 is 2.23 bits per heavy atom. The maximum atomic E-state index is 13.0. The van der Waals surface area contributed by atoms with Crippen LogP contribution in [0.25, 0.3) is 0 Å². The highest BCUT2D eigenvalue weighted by molar-refractivity contribution is 5.57. The maximum Gasteiger partial charge on any atom is 0.418 e. The van der Waals surface area contributed by atoms with Crippen LogP contribution < -0.4 is 5.32 Å². The van der Waals surface area contributed by atoms with Gasteiger partial charge in [-0.25, -0.2) is 0 Å². The molecule has 0 amide bonds. The predicted octanol–water partition coefficient (Wildman–Crippen LogP) is 2.36. The van der Waals surface area contributed by atoms with Crippen molar-refractivity contribution in [3.8, 4) is 0 Å². The van der Waals surface area contributed by atoms with Gasteiger partial charge in [-0.2, -0.15) is 13.2 Å². The molecule has 2 rings (SSSR count). The number of nitro benzene ring substituents is 1. The molecule has 1 aromatic carbocycles. The number of benzene rings is 1. The molecular weight excluding hydrogens is 303 g/mol. The van der Waals surface area contributed by atoms with E-state index in [-0.39, 0.29) is 18.3 Å². The molecule has 1 atom stereocenters. The molecule has 1 aliphatic heterocycles. The van der Waals surface area contributed by atoms with Crippen LogP contribution in [-0.4, -0.2) is 49.2 Å². The SMILES string of the molecule is CN1CCOC(CNc2ccc([N+](=O)[O-])cc2C(F)(F)F)C1. The zero-order valence-electron chi connectivity index (χ0n) is 11.9. The number of hydrogen-bond donors (Lipinski definition) is 1. The molecule has 22 heavy (non-hydrogen) atoms. The van der Waals surface area contributed by atoms with Crippen LogP contribution in [0, 0.1) is 10.1 Å². The Labute approximate surface area is 125 Å². The fraction of sp³-hybridized carbons (Fsp3) is 0.538. The molecule has 1 aliphatic rings. The summed E-state index contributed by atoms with van der Waals surface area (Å²) in [6.07, 6.45) is -4.89. The lowest BCUT2D eigenvalue weighted by Gasteiger charge is -2.30. The van der Waals surface area contributed by atoms with E-state index in [1.54, 1.807) is 0 Å². The lowest BCUT2D eigenvalue weighted by molar-refractivity contribution is -0.385. The second-order valence-corrected chi connectivity index (χ2v) is 5.12.